The Hall–Kier alpha value is -0.240. The van der Waals surface area contributed by atoms with E-state index in [0.717, 1.165) is 5.69 Å². The molecule has 3 heteroatoms. The van der Waals surface area contributed by atoms with E-state index < -0.39 is 0 Å². The Morgan fingerprint density at radius 1 is 1.30 bits per heavy atom. The summed E-state index contributed by atoms with van der Waals surface area (Å²) < 4.78 is 0. The topological polar surface area (TPSA) is 16.6 Å². The summed E-state index contributed by atoms with van der Waals surface area (Å²) >= 11 is 11.4. The molecule has 1 nitrogen and oxygen atoms in total. The summed E-state index contributed by atoms with van der Waals surface area (Å²) in [6, 6.07) is 5.31. The van der Waals surface area contributed by atoms with Gasteiger partial charge in [0.25, 0.3) is 0 Å². The molecule has 0 aliphatic carbocycles. The van der Waals surface area contributed by atoms with E-state index in [1.54, 1.807) is 17.4 Å². The van der Waals surface area contributed by atoms with Gasteiger partial charge in [0.05, 0.1) is 0 Å². The van der Waals surface area contributed by atoms with Crippen LogP contribution in [-0.2, 0) is 0 Å². The molecule has 1 rings (SSSR count). The van der Waals surface area contributed by atoms with E-state index in [0.29, 0.717) is 10.0 Å². The molecule has 0 amide bonds. The van der Waals surface area contributed by atoms with Crippen LogP contribution in [-0.4, -0.2) is 0 Å². The second-order valence-corrected chi connectivity index (χ2v) is 2.71. The van der Waals surface area contributed by atoms with E-state index in [-0.39, 0.29) is 0 Å². The Labute approximate surface area is 70.0 Å². The lowest BCUT2D eigenvalue weighted by atomic mass is 10.3. The fraction of sp³-hybridized carbons (Fsp3) is 0. The van der Waals surface area contributed by atoms with E-state index in [1.165, 1.54) is 0 Å². The molecule has 0 aliphatic heterocycles. The SMILES string of the molecule is [CH2-][NH2+]c1ccc(Cl)cc1Cl. The average Bonchev–Trinajstić information content (AvgIpc) is 1.88. The zero-order valence-corrected chi connectivity index (χ0v) is 6.78. The van der Waals surface area contributed by atoms with Gasteiger partial charge in [-0.15, -0.1) is 7.05 Å². The van der Waals surface area contributed by atoms with E-state index in [1.807, 2.05) is 6.07 Å². The summed E-state index contributed by atoms with van der Waals surface area (Å²) in [7, 11) is 3.59. The molecule has 0 unspecified atom stereocenters. The van der Waals surface area contributed by atoms with Crippen LogP contribution in [0.2, 0.25) is 10.0 Å². The highest BCUT2D eigenvalue weighted by Gasteiger charge is 1.98. The quantitative estimate of drug-likeness (QED) is 0.497. The van der Waals surface area contributed by atoms with Crippen LogP contribution in [0.3, 0.4) is 0 Å². The molecule has 0 saturated heterocycles. The summed E-state index contributed by atoms with van der Waals surface area (Å²) in [5.41, 5.74) is 0.908. The maximum Gasteiger partial charge on any atom is 0.122 e. The van der Waals surface area contributed by atoms with Gasteiger partial charge in [-0.3, -0.25) is 0 Å². The van der Waals surface area contributed by atoms with E-state index in [9.17, 15) is 0 Å². The molecule has 0 spiro atoms. The normalized spacial score (nSPS) is 9.90. The second kappa shape index (κ2) is 3.24. The van der Waals surface area contributed by atoms with Crippen LogP contribution in [0.25, 0.3) is 0 Å². The van der Waals surface area contributed by atoms with Gasteiger partial charge in [0.1, 0.15) is 10.7 Å². The molecule has 54 valence electrons. The van der Waals surface area contributed by atoms with E-state index >= 15 is 0 Å². The standard InChI is InChI=1S/C7H7Cl2N/c1-10-7-3-2-5(8)4-6(7)9/h2-4H,1,10H2. The van der Waals surface area contributed by atoms with Gasteiger partial charge in [0.2, 0.25) is 0 Å². The Kier molecular flexibility index (Phi) is 2.55. The lowest BCUT2D eigenvalue weighted by Gasteiger charge is -2.00. The molecule has 0 aliphatic rings. The molecule has 1 aromatic rings. The number of rotatable bonds is 1. The molecule has 0 atom stereocenters. The molecule has 2 N–H and O–H groups in total. The first-order chi connectivity index (χ1) is 4.74. The third-order valence-electron chi connectivity index (χ3n) is 1.18. The average molecular weight is 176 g/mol. The third kappa shape index (κ3) is 1.63. The molecule has 0 saturated carbocycles. The summed E-state index contributed by atoms with van der Waals surface area (Å²) in [5, 5.41) is 2.98. The first kappa shape index (κ1) is 7.86. The van der Waals surface area contributed by atoms with Gasteiger partial charge < -0.3 is 5.32 Å². The molecule has 0 radical (unpaired) electrons. The van der Waals surface area contributed by atoms with Crippen molar-refractivity contribution in [1.29, 1.82) is 0 Å². The molecule has 0 fully saturated rings. The van der Waals surface area contributed by atoms with Gasteiger partial charge >= 0.3 is 0 Å². The van der Waals surface area contributed by atoms with Gasteiger partial charge in [0, 0.05) is 5.02 Å². The number of benzene rings is 1. The number of hydrogen-bond donors (Lipinski definition) is 1. The Morgan fingerprint density at radius 3 is 2.50 bits per heavy atom. The molecule has 10 heavy (non-hydrogen) atoms. The Morgan fingerprint density at radius 2 is 2.00 bits per heavy atom. The molecular weight excluding hydrogens is 169 g/mol. The van der Waals surface area contributed by atoms with Crippen LogP contribution in [0, 0.1) is 7.05 Å². The summed E-state index contributed by atoms with van der Waals surface area (Å²) in [6.45, 7) is 0. The number of halogens is 2. The fourth-order valence-corrected chi connectivity index (χ4v) is 1.15. The zero-order chi connectivity index (χ0) is 7.56. The van der Waals surface area contributed by atoms with Gasteiger partial charge in [-0.25, -0.2) is 0 Å². The van der Waals surface area contributed by atoms with Gasteiger partial charge in [0.15, 0.2) is 0 Å². The van der Waals surface area contributed by atoms with Gasteiger partial charge in [-0.05, 0) is 18.2 Å². The molecule has 0 bridgehead atoms. The minimum absolute atomic E-state index is 0.641. The van der Waals surface area contributed by atoms with Crippen molar-refractivity contribution in [3.05, 3.63) is 35.3 Å². The van der Waals surface area contributed by atoms with Crippen LogP contribution in [0.15, 0.2) is 18.2 Å². The van der Waals surface area contributed by atoms with Crippen LogP contribution in [0.1, 0.15) is 0 Å². The Bertz CT molecular complexity index is 235. The number of quaternary nitrogens is 1. The van der Waals surface area contributed by atoms with Crippen molar-refractivity contribution in [2.24, 2.45) is 0 Å². The van der Waals surface area contributed by atoms with Gasteiger partial charge in [-0.1, -0.05) is 23.2 Å². The molecular formula is C7H7Cl2N. The van der Waals surface area contributed by atoms with Crippen molar-refractivity contribution in [3.63, 3.8) is 0 Å². The highest BCUT2D eigenvalue weighted by atomic mass is 35.5. The summed E-state index contributed by atoms with van der Waals surface area (Å²) in [6.07, 6.45) is 0. The third-order valence-corrected chi connectivity index (χ3v) is 1.74. The highest BCUT2D eigenvalue weighted by molar-refractivity contribution is 6.35. The molecule has 0 heterocycles. The van der Waals surface area contributed by atoms with Crippen molar-refractivity contribution in [3.8, 4) is 0 Å². The minimum atomic E-state index is 0.641. The molecule has 1 aromatic carbocycles. The maximum absolute atomic E-state index is 5.77. The van der Waals surface area contributed by atoms with Crippen molar-refractivity contribution in [2.75, 3.05) is 0 Å². The van der Waals surface area contributed by atoms with Gasteiger partial charge in [-0.2, -0.15) is 0 Å². The maximum atomic E-state index is 5.77. The monoisotopic (exact) mass is 175 g/mol. The summed E-state index contributed by atoms with van der Waals surface area (Å²) in [5.74, 6) is 0. The lowest BCUT2D eigenvalue weighted by molar-refractivity contribution is -0.504. The molecule has 0 aromatic heterocycles. The minimum Gasteiger partial charge on any atom is -0.445 e. The van der Waals surface area contributed by atoms with E-state index in [4.69, 9.17) is 23.2 Å². The first-order valence-corrected chi connectivity index (χ1v) is 3.57. The van der Waals surface area contributed by atoms with Crippen molar-refractivity contribution >= 4 is 28.9 Å². The predicted molar refractivity (Wildman–Crippen MR) is 43.4 cm³/mol. The second-order valence-electron chi connectivity index (χ2n) is 1.87. The van der Waals surface area contributed by atoms with Crippen molar-refractivity contribution < 1.29 is 5.32 Å². The smallest absolute Gasteiger partial charge is 0.122 e. The van der Waals surface area contributed by atoms with Crippen LogP contribution >= 0.6 is 23.2 Å². The Balaban J connectivity index is 3.07. The summed E-state index contributed by atoms with van der Waals surface area (Å²) in [4.78, 5) is 0. The van der Waals surface area contributed by atoms with Crippen molar-refractivity contribution in [2.45, 2.75) is 0 Å². The predicted octanol–water partition coefficient (Wildman–Crippen LogP) is 1.98. The number of hydrogen-bond acceptors (Lipinski definition) is 0. The number of nitrogens with two attached hydrogens (primary N) is 1. The zero-order valence-electron chi connectivity index (χ0n) is 5.27. The van der Waals surface area contributed by atoms with Crippen LogP contribution < -0.4 is 5.32 Å². The largest absolute Gasteiger partial charge is 0.445 e. The lowest BCUT2D eigenvalue weighted by Crippen LogP contribution is -2.69. The van der Waals surface area contributed by atoms with E-state index in [2.05, 4.69) is 7.05 Å². The van der Waals surface area contributed by atoms with Crippen LogP contribution in [0.4, 0.5) is 5.69 Å². The highest BCUT2D eigenvalue weighted by Crippen LogP contribution is 2.21. The fourth-order valence-electron chi connectivity index (χ4n) is 0.667. The van der Waals surface area contributed by atoms with Crippen molar-refractivity contribution in [1.82, 2.24) is 0 Å². The van der Waals surface area contributed by atoms with Crippen LogP contribution in [0.5, 0.6) is 0 Å². The first-order valence-electron chi connectivity index (χ1n) is 2.81.